The highest BCUT2D eigenvalue weighted by Crippen LogP contribution is 2.30. The molecule has 3 rings (SSSR count). The summed E-state index contributed by atoms with van der Waals surface area (Å²) in [6.45, 7) is 4.83. The molecule has 0 saturated heterocycles. The molecule has 0 radical (unpaired) electrons. The quantitative estimate of drug-likeness (QED) is 0.440. The Labute approximate surface area is 186 Å². The number of nitrogens with one attached hydrogen (secondary N) is 2. The third kappa shape index (κ3) is 5.16. The Morgan fingerprint density at radius 2 is 1.94 bits per heavy atom. The summed E-state index contributed by atoms with van der Waals surface area (Å²) in [6.07, 6.45) is 1.51. The maximum absolute atomic E-state index is 12.3. The molecule has 0 bridgehead atoms. The molecule has 0 aliphatic rings. The second-order valence-electron chi connectivity index (χ2n) is 7.64. The number of benzene rings is 1. The number of aromatic nitrogens is 3. The number of pyridine rings is 1. The number of aryl methyl sites for hydroxylation is 3. The number of phenols is 1. The summed E-state index contributed by atoms with van der Waals surface area (Å²) < 4.78 is 7.08. The normalized spacial score (nSPS) is 10.9. The van der Waals surface area contributed by atoms with Crippen molar-refractivity contribution in [3.05, 3.63) is 46.6 Å². The van der Waals surface area contributed by atoms with Crippen molar-refractivity contribution < 1.29 is 19.4 Å². The van der Waals surface area contributed by atoms with Crippen LogP contribution in [0.1, 0.15) is 40.0 Å². The zero-order valence-corrected chi connectivity index (χ0v) is 18.9. The molecule has 2 amide bonds. The maximum atomic E-state index is 12.3. The summed E-state index contributed by atoms with van der Waals surface area (Å²) in [5, 5.41) is 20.3. The first-order chi connectivity index (χ1) is 15.3. The van der Waals surface area contributed by atoms with E-state index in [0.29, 0.717) is 43.8 Å². The lowest BCUT2D eigenvalue weighted by atomic mass is 10.00. The standard InChI is InChI=1S/C23H29N5O4/c1-14-18(15(2)26-21-20(14)23(32-4)27-28(21)3)9-10-19(30)24-11-6-12-25-22(31)16-7-5-8-17(29)13-16/h5,7-8,13,29H,6,9-12H2,1-4H3,(H,24,30)(H,25,31). The van der Waals surface area contributed by atoms with Crippen LogP contribution >= 0.6 is 0 Å². The van der Waals surface area contributed by atoms with E-state index < -0.39 is 0 Å². The fourth-order valence-corrected chi connectivity index (χ4v) is 3.70. The van der Waals surface area contributed by atoms with Crippen LogP contribution in [-0.4, -0.2) is 51.9 Å². The van der Waals surface area contributed by atoms with Crippen LogP contribution in [0.25, 0.3) is 11.0 Å². The molecule has 32 heavy (non-hydrogen) atoms. The number of hydrogen-bond donors (Lipinski definition) is 3. The average Bonchev–Trinajstić information content (AvgIpc) is 3.08. The van der Waals surface area contributed by atoms with Gasteiger partial charge in [0.25, 0.3) is 5.91 Å². The Bertz CT molecular complexity index is 1140. The second kappa shape index (κ2) is 10.1. The first-order valence-corrected chi connectivity index (χ1v) is 10.5. The van der Waals surface area contributed by atoms with E-state index in [4.69, 9.17) is 4.74 Å². The molecule has 0 aliphatic heterocycles. The van der Waals surface area contributed by atoms with Crippen molar-refractivity contribution in [1.29, 1.82) is 0 Å². The van der Waals surface area contributed by atoms with Gasteiger partial charge in [0.15, 0.2) is 5.65 Å². The van der Waals surface area contributed by atoms with Crippen LogP contribution in [0, 0.1) is 13.8 Å². The highest BCUT2D eigenvalue weighted by molar-refractivity contribution is 5.94. The summed E-state index contributed by atoms with van der Waals surface area (Å²) in [5.74, 6) is 0.269. The molecule has 3 aromatic rings. The van der Waals surface area contributed by atoms with Crippen LogP contribution < -0.4 is 15.4 Å². The van der Waals surface area contributed by atoms with Gasteiger partial charge >= 0.3 is 0 Å². The number of amides is 2. The summed E-state index contributed by atoms with van der Waals surface area (Å²) in [4.78, 5) is 29.0. The Morgan fingerprint density at radius 3 is 2.66 bits per heavy atom. The number of hydrogen-bond acceptors (Lipinski definition) is 6. The van der Waals surface area contributed by atoms with E-state index in [1.165, 1.54) is 12.1 Å². The van der Waals surface area contributed by atoms with Crippen molar-refractivity contribution in [2.24, 2.45) is 7.05 Å². The lowest BCUT2D eigenvalue weighted by Crippen LogP contribution is -2.30. The van der Waals surface area contributed by atoms with Gasteiger partial charge in [-0.2, -0.15) is 0 Å². The predicted octanol–water partition coefficient (Wildman–Crippen LogP) is 2.17. The number of aromatic hydroxyl groups is 1. The van der Waals surface area contributed by atoms with Crippen LogP contribution in [0.2, 0.25) is 0 Å². The van der Waals surface area contributed by atoms with Gasteiger partial charge in [-0.15, -0.1) is 5.10 Å². The SMILES string of the molecule is COc1nn(C)c2nc(C)c(CCC(=O)NCCCNC(=O)c3cccc(O)c3)c(C)c12. The average molecular weight is 440 g/mol. The van der Waals surface area contributed by atoms with Crippen molar-refractivity contribution >= 4 is 22.8 Å². The highest BCUT2D eigenvalue weighted by Gasteiger charge is 2.18. The van der Waals surface area contributed by atoms with Crippen molar-refractivity contribution in [2.45, 2.75) is 33.1 Å². The zero-order valence-electron chi connectivity index (χ0n) is 18.9. The van der Waals surface area contributed by atoms with Crippen molar-refractivity contribution in [3.63, 3.8) is 0 Å². The molecule has 0 saturated carbocycles. The lowest BCUT2D eigenvalue weighted by Gasteiger charge is -2.11. The van der Waals surface area contributed by atoms with E-state index in [1.807, 2.05) is 20.9 Å². The number of carbonyl (C=O) groups excluding carboxylic acids is 2. The van der Waals surface area contributed by atoms with E-state index in [-0.39, 0.29) is 17.6 Å². The topological polar surface area (TPSA) is 118 Å². The molecule has 170 valence electrons. The van der Waals surface area contributed by atoms with Crippen LogP contribution in [-0.2, 0) is 18.3 Å². The Hall–Kier alpha value is -3.62. The molecule has 2 aromatic heterocycles. The predicted molar refractivity (Wildman–Crippen MR) is 121 cm³/mol. The molecular formula is C23H29N5O4. The summed E-state index contributed by atoms with van der Waals surface area (Å²) in [5.41, 5.74) is 4.09. The van der Waals surface area contributed by atoms with Crippen LogP contribution in [0.15, 0.2) is 24.3 Å². The first kappa shape index (κ1) is 23.1. The van der Waals surface area contributed by atoms with Crippen molar-refractivity contribution in [3.8, 4) is 11.6 Å². The van der Waals surface area contributed by atoms with Gasteiger partial charge in [0, 0.05) is 37.8 Å². The van der Waals surface area contributed by atoms with E-state index in [0.717, 1.165) is 27.9 Å². The van der Waals surface area contributed by atoms with Gasteiger partial charge in [-0.05, 0) is 56.0 Å². The molecule has 3 N–H and O–H groups in total. The Balaban J connectivity index is 1.47. The van der Waals surface area contributed by atoms with Crippen LogP contribution in [0.5, 0.6) is 11.6 Å². The second-order valence-corrected chi connectivity index (χ2v) is 7.64. The molecule has 0 unspecified atom stereocenters. The Kier molecular flexibility index (Phi) is 7.29. The molecule has 0 aliphatic carbocycles. The lowest BCUT2D eigenvalue weighted by molar-refractivity contribution is -0.121. The van der Waals surface area contributed by atoms with Crippen molar-refractivity contribution in [1.82, 2.24) is 25.4 Å². The number of methoxy groups -OCH3 is 1. The molecule has 0 atom stereocenters. The van der Waals surface area contributed by atoms with Crippen LogP contribution in [0.3, 0.4) is 0 Å². The number of nitrogens with zero attached hydrogens (tertiary/aromatic N) is 3. The molecule has 0 fully saturated rings. The number of phenolic OH excluding ortho intramolecular Hbond substituents is 1. The number of rotatable bonds is 9. The highest BCUT2D eigenvalue weighted by atomic mass is 16.5. The maximum Gasteiger partial charge on any atom is 0.251 e. The van der Waals surface area contributed by atoms with E-state index >= 15 is 0 Å². The van der Waals surface area contributed by atoms with E-state index in [2.05, 4.69) is 20.7 Å². The summed E-state index contributed by atoms with van der Waals surface area (Å²) in [6, 6.07) is 6.17. The minimum atomic E-state index is -0.258. The molecule has 2 heterocycles. The van der Waals surface area contributed by atoms with Gasteiger partial charge in [-0.25, -0.2) is 9.67 Å². The van der Waals surface area contributed by atoms with Gasteiger partial charge in [0.2, 0.25) is 11.8 Å². The van der Waals surface area contributed by atoms with Gasteiger partial charge in [0.05, 0.1) is 12.5 Å². The third-order valence-electron chi connectivity index (χ3n) is 5.39. The first-order valence-electron chi connectivity index (χ1n) is 10.5. The number of carbonyl (C=O) groups is 2. The van der Waals surface area contributed by atoms with E-state index in [9.17, 15) is 14.7 Å². The fraction of sp³-hybridized carbons (Fsp3) is 0.391. The molecule has 9 heteroatoms. The minimum Gasteiger partial charge on any atom is -0.508 e. The van der Waals surface area contributed by atoms with Crippen LogP contribution in [0.4, 0.5) is 0 Å². The number of ether oxygens (including phenoxy) is 1. The fourth-order valence-electron chi connectivity index (χ4n) is 3.70. The molecule has 9 nitrogen and oxygen atoms in total. The monoisotopic (exact) mass is 439 g/mol. The smallest absolute Gasteiger partial charge is 0.251 e. The molecule has 0 spiro atoms. The van der Waals surface area contributed by atoms with Gasteiger partial charge in [-0.1, -0.05) is 6.07 Å². The zero-order chi connectivity index (χ0) is 23.3. The Morgan fingerprint density at radius 1 is 1.19 bits per heavy atom. The third-order valence-corrected chi connectivity index (χ3v) is 5.39. The summed E-state index contributed by atoms with van der Waals surface area (Å²) >= 11 is 0. The van der Waals surface area contributed by atoms with Gasteiger partial charge in [0.1, 0.15) is 5.75 Å². The minimum absolute atomic E-state index is 0.0479. The number of fused-ring (bicyclic) bond motifs is 1. The molecule has 1 aromatic carbocycles. The van der Waals surface area contributed by atoms with E-state index in [1.54, 1.807) is 23.9 Å². The largest absolute Gasteiger partial charge is 0.508 e. The van der Waals surface area contributed by atoms with Gasteiger partial charge < -0.3 is 20.5 Å². The molecular weight excluding hydrogens is 410 g/mol. The van der Waals surface area contributed by atoms with Crippen molar-refractivity contribution in [2.75, 3.05) is 20.2 Å². The van der Waals surface area contributed by atoms with Gasteiger partial charge in [-0.3, -0.25) is 9.59 Å². The summed E-state index contributed by atoms with van der Waals surface area (Å²) in [7, 11) is 3.41.